The number of benzene rings is 2. The van der Waals surface area contributed by atoms with Gasteiger partial charge < -0.3 is 10.1 Å². The third kappa shape index (κ3) is 5.59. The number of methoxy groups -OCH3 is 1. The Bertz CT molecular complexity index is 1050. The molecule has 0 unspecified atom stereocenters. The molecule has 1 fully saturated rings. The Morgan fingerprint density at radius 1 is 1.17 bits per heavy atom. The number of rotatable bonds is 6. The fraction of sp³-hybridized carbons (Fsp3) is 0.350. The Hall–Kier alpha value is -1.51. The lowest BCUT2D eigenvalue weighted by Crippen LogP contribution is -2.44. The summed E-state index contributed by atoms with van der Waals surface area (Å²) in [5.74, 6) is -0.452. The highest BCUT2D eigenvalue weighted by Gasteiger charge is 2.32. The third-order valence-corrected chi connectivity index (χ3v) is 7.60. The molecule has 1 aliphatic heterocycles. The molecule has 0 radical (unpaired) electrons. The molecule has 0 aliphatic carbocycles. The van der Waals surface area contributed by atoms with E-state index in [1.54, 1.807) is 30.3 Å². The monoisotopic (exact) mass is 490 g/mol. The summed E-state index contributed by atoms with van der Waals surface area (Å²) in [5.41, 5.74) is 0.999. The Morgan fingerprint density at radius 3 is 2.60 bits per heavy atom. The number of sulfonamides is 1. The van der Waals surface area contributed by atoms with Crippen LogP contribution < -0.4 is 10.1 Å². The largest absolute Gasteiger partial charge is 0.495 e. The second kappa shape index (κ2) is 9.75. The molecule has 1 saturated heterocycles. The van der Waals surface area contributed by atoms with Crippen LogP contribution in [0.2, 0.25) is 15.1 Å². The van der Waals surface area contributed by atoms with Gasteiger partial charge in [-0.3, -0.25) is 4.79 Å². The van der Waals surface area contributed by atoms with Crippen molar-refractivity contribution < 1.29 is 17.9 Å². The second-order valence-corrected chi connectivity index (χ2v) is 10.2. The first-order valence-corrected chi connectivity index (χ1v) is 12.0. The first-order chi connectivity index (χ1) is 14.2. The molecular formula is C20H21Cl3N2O4S. The number of nitrogens with zero attached hydrogens (tertiary/aromatic N) is 1. The fourth-order valence-corrected chi connectivity index (χ4v) is 5.78. The summed E-state index contributed by atoms with van der Waals surface area (Å²) < 4.78 is 32.3. The zero-order valence-corrected chi connectivity index (χ0v) is 19.3. The Balaban J connectivity index is 1.67. The highest BCUT2D eigenvalue weighted by molar-refractivity contribution is 7.88. The zero-order chi connectivity index (χ0) is 21.9. The van der Waals surface area contributed by atoms with Gasteiger partial charge in [-0.15, -0.1) is 0 Å². The first kappa shape index (κ1) is 23.2. The van der Waals surface area contributed by atoms with E-state index in [2.05, 4.69) is 5.32 Å². The lowest BCUT2D eigenvalue weighted by Gasteiger charge is -2.31. The van der Waals surface area contributed by atoms with Gasteiger partial charge in [0.2, 0.25) is 15.9 Å². The second-order valence-electron chi connectivity index (χ2n) is 7.03. The van der Waals surface area contributed by atoms with E-state index in [0.29, 0.717) is 51.5 Å². The maximum atomic E-state index is 12.9. The molecule has 1 aliphatic rings. The Labute approximate surface area is 191 Å². The maximum Gasteiger partial charge on any atom is 0.228 e. The molecule has 6 nitrogen and oxygen atoms in total. The van der Waals surface area contributed by atoms with Gasteiger partial charge in [-0.05, 0) is 48.7 Å². The number of carbonyl (C=O) groups excluding carboxylic acids is 1. The molecule has 30 heavy (non-hydrogen) atoms. The Morgan fingerprint density at radius 2 is 1.93 bits per heavy atom. The predicted octanol–water partition coefficient (Wildman–Crippen LogP) is 4.84. The summed E-state index contributed by atoms with van der Waals surface area (Å²) in [6.45, 7) is 0.481. The molecular weight excluding hydrogens is 471 g/mol. The number of carbonyl (C=O) groups is 1. The molecule has 0 spiro atoms. The molecule has 3 rings (SSSR count). The molecule has 1 amide bonds. The average molecular weight is 492 g/mol. The molecule has 162 valence electrons. The first-order valence-electron chi connectivity index (χ1n) is 9.26. The molecule has 1 N–H and O–H groups in total. The SMILES string of the molecule is COc1ccc(NC(=O)[C@@H]2CCCN(S(=O)(=O)Cc3ccc(Cl)cc3Cl)C2)cc1Cl. The molecule has 1 atom stereocenters. The van der Waals surface area contributed by atoms with E-state index in [1.165, 1.54) is 17.5 Å². The number of nitrogens with one attached hydrogen (secondary N) is 1. The average Bonchev–Trinajstić information content (AvgIpc) is 2.70. The van der Waals surface area contributed by atoms with E-state index in [-0.39, 0.29) is 18.2 Å². The Kier molecular flexibility index (Phi) is 7.52. The summed E-state index contributed by atoms with van der Waals surface area (Å²) in [6.07, 6.45) is 1.19. The number of piperidine rings is 1. The van der Waals surface area contributed by atoms with Crippen molar-refractivity contribution >= 4 is 56.4 Å². The van der Waals surface area contributed by atoms with Crippen LogP contribution in [-0.4, -0.2) is 38.8 Å². The molecule has 0 bridgehead atoms. The van der Waals surface area contributed by atoms with E-state index < -0.39 is 15.9 Å². The van der Waals surface area contributed by atoms with Crippen molar-refractivity contribution in [1.29, 1.82) is 0 Å². The lowest BCUT2D eigenvalue weighted by molar-refractivity contribution is -0.120. The maximum absolute atomic E-state index is 12.9. The van der Waals surface area contributed by atoms with Crippen LogP contribution >= 0.6 is 34.8 Å². The third-order valence-electron chi connectivity index (χ3n) is 4.92. The number of halogens is 3. The van der Waals surface area contributed by atoms with Gasteiger partial charge >= 0.3 is 0 Å². The molecule has 0 saturated carbocycles. The van der Waals surface area contributed by atoms with Crippen LogP contribution in [0.4, 0.5) is 5.69 Å². The lowest BCUT2D eigenvalue weighted by atomic mass is 9.98. The van der Waals surface area contributed by atoms with Crippen LogP contribution in [0, 0.1) is 5.92 Å². The summed E-state index contributed by atoms with van der Waals surface area (Å²) >= 11 is 18.1. The number of anilines is 1. The van der Waals surface area contributed by atoms with Gasteiger partial charge in [0, 0.05) is 28.8 Å². The molecule has 2 aromatic rings. The van der Waals surface area contributed by atoms with E-state index in [0.717, 1.165) is 0 Å². The van der Waals surface area contributed by atoms with Gasteiger partial charge in [0.1, 0.15) is 5.75 Å². The minimum absolute atomic E-state index is 0.114. The minimum Gasteiger partial charge on any atom is -0.495 e. The number of hydrogen-bond donors (Lipinski definition) is 1. The molecule has 2 aromatic carbocycles. The smallest absolute Gasteiger partial charge is 0.228 e. The molecule has 10 heteroatoms. The number of hydrogen-bond acceptors (Lipinski definition) is 4. The molecule has 0 aromatic heterocycles. The fourth-order valence-electron chi connectivity index (χ4n) is 3.32. The van der Waals surface area contributed by atoms with Crippen molar-refractivity contribution in [2.24, 2.45) is 5.92 Å². The highest BCUT2D eigenvalue weighted by atomic mass is 35.5. The van der Waals surface area contributed by atoms with Gasteiger partial charge in [-0.1, -0.05) is 40.9 Å². The minimum atomic E-state index is -3.64. The van der Waals surface area contributed by atoms with Crippen molar-refractivity contribution in [2.75, 3.05) is 25.5 Å². The van der Waals surface area contributed by atoms with Crippen molar-refractivity contribution in [1.82, 2.24) is 4.31 Å². The van der Waals surface area contributed by atoms with Gasteiger partial charge in [0.05, 0.1) is 23.8 Å². The standard InChI is InChI=1S/C20H21Cl3N2O4S/c1-29-19-7-6-16(10-18(19)23)24-20(26)13-3-2-8-25(11-13)30(27,28)12-14-4-5-15(21)9-17(14)22/h4-7,9-10,13H,2-3,8,11-12H2,1H3,(H,24,26)/t13-/m1/s1. The van der Waals surface area contributed by atoms with Gasteiger partial charge in [0.15, 0.2) is 0 Å². The highest BCUT2D eigenvalue weighted by Crippen LogP contribution is 2.29. The van der Waals surface area contributed by atoms with Crippen LogP contribution in [0.3, 0.4) is 0 Å². The predicted molar refractivity (Wildman–Crippen MR) is 120 cm³/mol. The van der Waals surface area contributed by atoms with Gasteiger partial charge in [-0.2, -0.15) is 0 Å². The topological polar surface area (TPSA) is 75.7 Å². The van der Waals surface area contributed by atoms with Crippen molar-refractivity contribution in [3.05, 3.63) is 57.0 Å². The summed E-state index contributed by atoms with van der Waals surface area (Å²) in [4.78, 5) is 12.7. The van der Waals surface area contributed by atoms with Crippen molar-refractivity contribution in [3.63, 3.8) is 0 Å². The van der Waals surface area contributed by atoms with Crippen molar-refractivity contribution in [2.45, 2.75) is 18.6 Å². The van der Waals surface area contributed by atoms with E-state index in [1.807, 2.05) is 0 Å². The molecule has 1 heterocycles. The van der Waals surface area contributed by atoms with Gasteiger partial charge in [0.25, 0.3) is 0 Å². The quantitative estimate of drug-likeness (QED) is 0.627. The van der Waals surface area contributed by atoms with Crippen LogP contribution in [0.1, 0.15) is 18.4 Å². The summed E-state index contributed by atoms with van der Waals surface area (Å²) in [7, 11) is -2.13. The van der Waals surface area contributed by atoms with E-state index in [9.17, 15) is 13.2 Å². The summed E-state index contributed by atoms with van der Waals surface area (Å²) in [5, 5.41) is 3.92. The van der Waals surface area contributed by atoms with Gasteiger partial charge in [-0.25, -0.2) is 12.7 Å². The van der Waals surface area contributed by atoms with E-state index in [4.69, 9.17) is 39.5 Å². The van der Waals surface area contributed by atoms with Crippen LogP contribution in [0.5, 0.6) is 5.75 Å². The van der Waals surface area contributed by atoms with Crippen LogP contribution in [0.15, 0.2) is 36.4 Å². The van der Waals surface area contributed by atoms with Crippen molar-refractivity contribution in [3.8, 4) is 5.75 Å². The normalized spacial score (nSPS) is 17.5. The summed E-state index contributed by atoms with van der Waals surface area (Å²) in [6, 6.07) is 9.65. The number of ether oxygens (including phenoxy) is 1. The van der Waals surface area contributed by atoms with E-state index >= 15 is 0 Å². The zero-order valence-electron chi connectivity index (χ0n) is 16.2. The van der Waals surface area contributed by atoms with Crippen LogP contribution in [0.25, 0.3) is 0 Å². The van der Waals surface area contributed by atoms with Crippen LogP contribution in [-0.2, 0) is 20.6 Å². The number of amides is 1.